The van der Waals surface area contributed by atoms with Crippen LogP contribution in [0.2, 0.25) is 0 Å². The van der Waals surface area contributed by atoms with Crippen molar-refractivity contribution < 1.29 is 0 Å². The molecular formula is C18H39N5. The minimum atomic E-state index is 0.735. The lowest BCUT2D eigenvalue weighted by molar-refractivity contribution is 0.136. The van der Waals surface area contributed by atoms with Crippen LogP contribution in [0, 0.1) is 5.92 Å². The topological polar surface area (TPSA) is 42.9 Å². The smallest absolute Gasteiger partial charge is 0.191 e. The van der Waals surface area contributed by atoms with Gasteiger partial charge in [0.05, 0.1) is 0 Å². The third-order valence-electron chi connectivity index (χ3n) is 4.42. The number of nitrogens with one attached hydrogen (secondary N) is 2. The quantitative estimate of drug-likeness (QED) is 0.366. The highest BCUT2D eigenvalue weighted by atomic mass is 15.3. The minimum Gasteiger partial charge on any atom is -0.357 e. The molecule has 1 aliphatic heterocycles. The van der Waals surface area contributed by atoms with E-state index in [1.807, 2.05) is 0 Å². The van der Waals surface area contributed by atoms with E-state index in [1.165, 1.54) is 58.5 Å². The zero-order chi connectivity index (χ0) is 16.9. The predicted octanol–water partition coefficient (Wildman–Crippen LogP) is 2.01. The molecule has 136 valence electrons. The van der Waals surface area contributed by atoms with E-state index in [-0.39, 0.29) is 0 Å². The molecule has 2 N–H and O–H groups in total. The molecule has 23 heavy (non-hydrogen) atoms. The van der Waals surface area contributed by atoms with E-state index in [9.17, 15) is 0 Å². The van der Waals surface area contributed by atoms with E-state index in [2.05, 4.69) is 53.1 Å². The largest absolute Gasteiger partial charge is 0.357 e. The van der Waals surface area contributed by atoms with Crippen molar-refractivity contribution in [3.63, 3.8) is 0 Å². The Kier molecular flexibility index (Phi) is 11.1. The van der Waals surface area contributed by atoms with Gasteiger partial charge in [0.15, 0.2) is 5.96 Å². The molecule has 5 heteroatoms. The monoisotopic (exact) mass is 325 g/mol. The van der Waals surface area contributed by atoms with Gasteiger partial charge in [0.25, 0.3) is 0 Å². The maximum Gasteiger partial charge on any atom is 0.191 e. The van der Waals surface area contributed by atoms with Crippen molar-refractivity contribution in [1.29, 1.82) is 0 Å². The van der Waals surface area contributed by atoms with Crippen LogP contribution >= 0.6 is 0 Å². The van der Waals surface area contributed by atoms with Gasteiger partial charge < -0.3 is 20.4 Å². The average Bonchev–Trinajstić information content (AvgIpc) is 2.54. The van der Waals surface area contributed by atoms with Gasteiger partial charge in [-0.3, -0.25) is 4.99 Å². The molecule has 0 aromatic rings. The molecule has 0 aromatic heterocycles. The molecule has 1 saturated heterocycles. The SMILES string of the molecule is CCNC(=NCCCCN1CCN(CC)CC1)NCCC(C)C. The number of hydrogen-bond acceptors (Lipinski definition) is 3. The molecule has 1 rings (SSSR count). The molecule has 0 bridgehead atoms. The van der Waals surface area contributed by atoms with Gasteiger partial charge in [0.1, 0.15) is 0 Å². The molecule has 1 heterocycles. The third kappa shape index (κ3) is 9.82. The first kappa shape index (κ1) is 20.2. The normalized spacial score (nSPS) is 17.7. The second-order valence-corrected chi connectivity index (χ2v) is 6.85. The van der Waals surface area contributed by atoms with Gasteiger partial charge in [-0.2, -0.15) is 0 Å². The molecule has 1 aliphatic rings. The van der Waals surface area contributed by atoms with Crippen LogP contribution in [0.4, 0.5) is 0 Å². The standard InChI is InChI=1S/C18H39N5/c1-5-19-18(21-11-9-17(3)4)20-10-7-8-12-23-15-13-22(6-2)14-16-23/h17H,5-16H2,1-4H3,(H2,19,20,21). The summed E-state index contributed by atoms with van der Waals surface area (Å²) in [6, 6.07) is 0. The highest BCUT2D eigenvalue weighted by Gasteiger charge is 2.14. The third-order valence-corrected chi connectivity index (χ3v) is 4.42. The maximum absolute atomic E-state index is 4.69. The summed E-state index contributed by atoms with van der Waals surface area (Å²) in [5.74, 6) is 1.71. The number of hydrogen-bond donors (Lipinski definition) is 2. The van der Waals surface area contributed by atoms with Crippen LogP contribution in [0.5, 0.6) is 0 Å². The van der Waals surface area contributed by atoms with Crippen molar-refractivity contribution in [3.05, 3.63) is 0 Å². The second kappa shape index (κ2) is 12.6. The molecule has 1 fully saturated rings. The predicted molar refractivity (Wildman–Crippen MR) is 101 cm³/mol. The highest BCUT2D eigenvalue weighted by Crippen LogP contribution is 2.03. The van der Waals surface area contributed by atoms with Crippen LogP contribution in [-0.2, 0) is 0 Å². The first-order valence-corrected chi connectivity index (χ1v) is 9.62. The Morgan fingerprint density at radius 3 is 2.30 bits per heavy atom. The summed E-state index contributed by atoms with van der Waals surface area (Å²) in [6.07, 6.45) is 3.62. The van der Waals surface area contributed by atoms with Crippen molar-refractivity contribution in [2.24, 2.45) is 10.9 Å². The summed E-state index contributed by atoms with van der Waals surface area (Å²) >= 11 is 0. The zero-order valence-electron chi connectivity index (χ0n) is 15.9. The van der Waals surface area contributed by atoms with Crippen molar-refractivity contribution in [1.82, 2.24) is 20.4 Å². The number of likely N-dealkylation sites (N-methyl/N-ethyl adjacent to an activating group) is 1. The molecule has 0 aliphatic carbocycles. The van der Waals surface area contributed by atoms with E-state index in [0.717, 1.165) is 31.5 Å². The first-order chi connectivity index (χ1) is 11.2. The van der Waals surface area contributed by atoms with E-state index >= 15 is 0 Å². The van der Waals surface area contributed by atoms with Crippen LogP contribution < -0.4 is 10.6 Å². The Hall–Kier alpha value is -0.810. The van der Waals surface area contributed by atoms with Gasteiger partial charge in [0.2, 0.25) is 0 Å². The summed E-state index contributed by atoms with van der Waals surface area (Å²) in [6.45, 7) is 19.1. The van der Waals surface area contributed by atoms with Crippen LogP contribution in [0.3, 0.4) is 0 Å². The van der Waals surface area contributed by atoms with Gasteiger partial charge in [-0.05, 0) is 45.2 Å². The van der Waals surface area contributed by atoms with Crippen LogP contribution in [-0.4, -0.2) is 74.7 Å². The molecular weight excluding hydrogens is 286 g/mol. The lowest BCUT2D eigenvalue weighted by Crippen LogP contribution is -2.46. The fraction of sp³-hybridized carbons (Fsp3) is 0.944. The first-order valence-electron chi connectivity index (χ1n) is 9.62. The van der Waals surface area contributed by atoms with Gasteiger partial charge in [-0.25, -0.2) is 0 Å². The highest BCUT2D eigenvalue weighted by molar-refractivity contribution is 5.79. The number of rotatable bonds is 10. The van der Waals surface area contributed by atoms with E-state index in [0.29, 0.717) is 0 Å². The molecule has 0 saturated carbocycles. The molecule has 0 amide bonds. The Morgan fingerprint density at radius 1 is 1.00 bits per heavy atom. The number of aliphatic imine (C=N–C) groups is 1. The molecule has 0 unspecified atom stereocenters. The number of guanidine groups is 1. The maximum atomic E-state index is 4.69. The molecule has 5 nitrogen and oxygen atoms in total. The summed E-state index contributed by atoms with van der Waals surface area (Å²) in [4.78, 5) is 9.82. The summed E-state index contributed by atoms with van der Waals surface area (Å²) < 4.78 is 0. The second-order valence-electron chi connectivity index (χ2n) is 6.85. The summed E-state index contributed by atoms with van der Waals surface area (Å²) in [5.41, 5.74) is 0. The minimum absolute atomic E-state index is 0.735. The summed E-state index contributed by atoms with van der Waals surface area (Å²) in [5, 5.41) is 6.76. The van der Waals surface area contributed by atoms with Crippen molar-refractivity contribution in [2.75, 3.05) is 58.9 Å². The van der Waals surface area contributed by atoms with Crippen LogP contribution in [0.25, 0.3) is 0 Å². The van der Waals surface area contributed by atoms with Gasteiger partial charge in [-0.15, -0.1) is 0 Å². The Bertz CT molecular complexity index is 309. The fourth-order valence-corrected chi connectivity index (χ4v) is 2.79. The lowest BCUT2D eigenvalue weighted by atomic mass is 10.1. The van der Waals surface area contributed by atoms with Gasteiger partial charge >= 0.3 is 0 Å². The molecule has 0 atom stereocenters. The number of nitrogens with zero attached hydrogens (tertiary/aromatic N) is 3. The van der Waals surface area contributed by atoms with Crippen molar-refractivity contribution in [2.45, 2.75) is 47.0 Å². The molecule has 0 spiro atoms. The lowest BCUT2D eigenvalue weighted by Gasteiger charge is -2.33. The Morgan fingerprint density at radius 2 is 1.70 bits per heavy atom. The van der Waals surface area contributed by atoms with Crippen molar-refractivity contribution >= 4 is 5.96 Å². The Balaban J connectivity index is 2.12. The van der Waals surface area contributed by atoms with E-state index in [4.69, 9.17) is 0 Å². The van der Waals surface area contributed by atoms with Gasteiger partial charge in [0, 0.05) is 45.8 Å². The van der Waals surface area contributed by atoms with Crippen molar-refractivity contribution in [3.8, 4) is 0 Å². The van der Waals surface area contributed by atoms with Crippen LogP contribution in [0.15, 0.2) is 4.99 Å². The van der Waals surface area contributed by atoms with Gasteiger partial charge in [-0.1, -0.05) is 20.8 Å². The molecule has 0 aromatic carbocycles. The zero-order valence-corrected chi connectivity index (χ0v) is 15.9. The van der Waals surface area contributed by atoms with E-state index < -0.39 is 0 Å². The fourth-order valence-electron chi connectivity index (χ4n) is 2.79. The number of piperazine rings is 1. The van der Waals surface area contributed by atoms with E-state index in [1.54, 1.807) is 0 Å². The van der Waals surface area contributed by atoms with Crippen LogP contribution in [0.1, 0.15) is 47.0 Å². The Labute approximate surface area is 143 Å². The average molecular weight is 326 g/mol. The summed E-state index contributed by atoms with van der Waals surface area (Å²) in [7, 11) is 0. The number of unbranched alkanes of at least 4 members (excludes halogenated alkanes) is 1. The molecule has 0 radical (unpaired) electrons.